The Balaban J connectivity index is 1.33. The Labute approximate surface area is 216 Å². The minimum Gasteiger partial charge on any atom is -0.461 e. The van der Waals surface area contributed by atoms with Crippen molar-refractivity contribution in [2.24, 2.45) is 4.99 Å². The molecule has 37 heavy (non-hydrogen) atoms. The molecule has 0 spiro atoms. The monoisotopic (exact) mass is 502 g/mol. The van der Waals surface area contributed by atoms with Crippen molar-refractivity contribution in [1.82, 2.24) is 20.1 Å². The van der Waals surface area contributed by atoms with E-state index in [1.165, 1.54) is 0 Å². The van der Waals surface area contributed by atoms with Crippen molar-refractivity contribution in [3.63, 3.8) is 0 Å². The lowest BCUT2D eigenvalue weighted by atomic mass is 10.1. The van der Waals surface area contributed by atoms with Crippen LogP contribution < -0.4 is 10.6 Å². The van der Waals surface area contributed by atoms with Crippen LogP contribution in [0.5, 0.6) is 0 Å². The molecule has 3 aromatic rings. The molecule has 194 valence electrons. The SMILES string of the molecule is Cc1cc2cc(NC(=NCc3ccncc3)N[C@H]3CCCCN(CC(=O)N4CCCC4)C3=O)ccc2o1. The molecule has 0 aliphatic carbocycles. The molecule has 9 heteroatoms. The molecule has 9 nitrogen and oxygen atoms in total. The van der Waals surface area contributed by atoms with E-state index in [9.17, 15) is 9.59 Å². The molecule has 0 bridgehead atoms. The molecule has 2 fully saturated rings. The summed E-state index contributed by atoms with van der Waals surface area (Å²) < 4.78 is 5.70. The number of nitrogens with zero attached hydrogens (tertiary/aromatic N) is 4. The number of hydrogen-bond donors (Lipinski definition) is 2. The van der Waals surface area contributed by atoms with Crippen LogP contribution >= 0.6 is 0 Å². The number of hydrogen-bond acceptors (Lipinski definition) is 5. The molecule has 2 amide bonds. The van der Waals surface area contributed by atoms with E-state index in [1.807, 2.05) is 48.2 Å². The summed E-state index contributed by atoms with van der Waals surface area (Å²) in [6, 6.07) is 11.2. The van der Waals surface area contributed by atoms with Gasteiger partial charge in [-0.3, -0.25) is 14.6 Å². The van der Waals surface area contributed by atoms with Gasteiger partial charge in [0, 0.05) is 43.1 Å². The van der Waals surface area contributed by atoms with Gasteiger partial charge < -0.3 is 24.9 Å². The lowest BCUT2D eigenvalue weighted by Crippen LogP contribution is -2.51. The quantitative estimate of drug-likeness (QED) is 0.394. The standard InChI is InChI=1S/C28H34N6O3/c1-20-16-22-17-23(7-8-25(22)37-20)31-28(30-18-21-9-11-29-12-10-21)32-24-6-2-3-15-34(27(24)36)19-26(35)33-13-4-5-14-33/h7-12,16-17,24H,2-6,13-15,18-19H2,1H3,(H2,30,31,32)/t24-/m0/s1. The number of carbonyl (C=O) groups excluding carboxylic acids is 2. The first-order valence-electron chi connectivity index (χ1n) is 13.1. The van der Waals surface area contributed by atoms with E-state index >= 15 is 0 Å². The number of fused-ring (bicyclic) bond motifs is 1. The zero-order chi connectivity index (χ0) is 25.6. The van der Waals surface area contributed by atoms with Gasteiger partial charge in [-0.2, -0.15) is 0 Å². The van der Waals surface area contributed by atoms with Gasteiger partial charge in [0.05, 0.1) is 13.1 Å². The number of benzene rings is 1. The van der Waals surface area contributed by atoms with Crippen molar-refractivity contribution in [2.45, 2.75) is 51.6 Å². The summed E-state index contributed by atoms with van der Waals surface area (Å²) >= 11 is 0. The van der Waals surface area contributed by atoms with Gasteiger partial charge in [0.25, 0.3) is 0 Å². The summed E-state index contributed by atoms with van der Waals surface area (Å²) in [5.41, 5.74) is 2.68. The van der Waals surface area contributed by atoms with Gasteiger partial charge >= 0.3 is 0 Å². The fourth-order valence-electron chi connectivity index (χ4n) is 4.96. The highest BCUT2D eigenvalue weighted by Gasteiger charge is 2.30. The van der Waals surface area contributed by atoms with Crippen LogP contribution in [0.15, 0.2) is 58.2 Å². The number of aromatic nitrogens is 1. The zero-order valence-corrected chi connectivity index (χ0v) is 21.3. The van der Waals surface area contributed by atoms with Crippen LogP contribution in [-0.4, -0.2) is 64.8 Å². The van der Waals surface area contributed by atoms with Gasteiger partial charge in [0.15, 0.2) is 5.96 Å². The highest BCUT2D eigenvalue weighted by atomic mass is 16.3. The summed E-state index contributed by atoms with van der Waals surface area (Å²) in [7, 11) is 0. The largest absolute Gasteiger partial charge is 0.461 e. The molecule has 0 saturated carbocycles. The molecule has 2 aliphatic rings. The average molecular weight is 503 g/mol. The number of aliphatic imine (C=N–C) groups is 1. The topological polar surface area (TPSA) is 103 Å². The number of rotatable bonds is 6. The van der Waals surface area contributed by atoms with Gasteiger partial charge in [-0.15, -0.1) is 0 Å². The maximum atomic E-state index is 13.5. The minimum absolute atomic E-state index is 0.0416. The van der Waals surface area contributed by atoms with Crippen LogP contribution in [0.1, 0.15) is 43.4 Å². The first kappa shape index (κ1) is 24.8. The smallest absolute Gasteiger partial charge is 0.245 e. The van der Waals surface area contributed by atoms with Crippen molar-refractivity contribution in [3.8, 4) is 0 Å². The molecule has 0 radical (unpaired) electrons. The van der Waals surface area contributed by atoms with E-state index in [-0.39, 0.29) is 18.4 Å². The van der Waals surface area contributed by atoms with E-state index < -0.39 is 6.04 Å². The molecule has 5 rings (SSSR count). The number of furan rings is 1. The van der Waals surface area contributed by atoms with Crippen LogP contribution in [0.25, 0.3) is 11.0 Å². The first-order chi connectivity index (χ1) is 18.0. The molecule has 2 aromatic heterocycles. The molecule has 2 aliphatic heterocycles. The fourth-order valence-corrected chi connectivity index (χ4v) is 4.96. The second kappa shape index (κ2) is 11.5. The maximum absolute atomic E-state index is 13.5. The number of carbonyl (C=O) groups is 2. The van der Waals surface area contributed by atoms with Gasteiger partial charge in [-0.1, -0.05) is 0 Å². The summed E-state index contributed by atoms with van der Waals surface area (Å²) in [6.07, 6.45) is 8.02. The molecule has 2 N–H and O–H groups in total. The highest BCUT2D eigenvalue weighted by molar-refractivity contribution is 5.99. The molecule has 2 saturated heterocycles. The second-order valence-electron chi connectivity index (χ2n) is 9.80. The Morgan fingerprint density at radius 1 is 1.08 bits per heavy atom. The molecular formula is C28H34N6O3. The van der Waals surface area contributed by atoms with Crippen molar-refractivity contribution < 1.29 is 14.0 Å². The highest BCUT2D eigenvalue weighted by Crippen LogP contribution is 2.23. The molecular weight excluding hydrogens is 468 g/mol. The fraction of sp³-hybridized carbons (Fsp3) is 0.429. The van der Waals surface area contributed by atoms with E-state index in [2.05, 4.69) is 15.6 Å². The number of guanidine groups is 1. The minimum atomic E-state index is -0.461. The lowest BCUT2D eigenvalue weighted by Gasteiger charge is -2.27. The molecule has 0 unspecified atom stereocenters. The van der Waals surface area contributed by atoms with Crippen molar-refractivity contribution in [3.05, 3.63) is 60.1 Å². The molecule has 4 heterocycles. The molecule has 1 aromatic carbocycles. The zero-order valence-electron chi connectivity index (χ0n) is 21.3. The van der Waals surface area contributed by atoms with Gasteiger partial charge in [0.1, 0.15) is 17.4 Å². The lowest BCUT2D eigenvalue weighted by molar-refractivity contribution is -0.140. The van der Waals surface area contributed by atoms with Crippen LogP contribution in [-0.2, 0) is 16.1 Å². The second-order valence-corrected chi connectivity index (χ2v) is 9.80. The third-order valence-electron chi connectivity index (χ3n) is 6.95. The normalized spacial score (nSPS) is 18.8. The number of aryl methyl sites for hydroxylation is 1. The van der Waals surface area contributed by atoms with Gasteiger partial charge in [-0.25, -0.2) is 4.99 Å². The Morgan fingerprint density at radius 3 is 2.68 bits per heavy atom. The number of pyridine rings is 1. The van der Waals surface area contributed by atoms with Crippen molar-refractivity contribution in [1.29, 1.82) is 0 Å². The van der Waals surface area contributed by atoms with Crippen LogP contribution in [0.3, 0.4) is 0 Å². The van der Waals surface area contributed by atoms with E-state index in [0.29, 0.717) is 25.5 Å². The van der Waals surface area contributed by atoms with Gasteiger partial charge in [0.2, 0.25) is 11.8 Å². The third kappa shape index (κ3) is 6.28. The predicted molar refractivity (Wildman–Crippen MR) is 143 cm³/mol. The van der Waals surface area contributed by atoms with Crippen LogP contribution in [0.2, 0.25) is 0 Å². The number of nitrogens with one attached hydrogen (secondary N) is 2. The maximum Gasteiger partial charge on any atom is 0.245 e. The van der Waals surface area contributed by atoms with E-state index in [0.717, 1.165) is 66.8 Å². The van der Waals surface area contributed by atoms with Crippen LogP contribution in [0, 0.1) is 6.92 Å². The number of anilines is 1. The van der Waals surface area contributed by atoms with Crippen molar-refractivity contribution >= 4 is 34.4 Å². The predicted octanol–water partition coefficient (Wildman–Crippen LogP) is 3.70. The Bertz CT molecular complexity index is 1270. The van der Waals surface area contributed by atoms with Gasteiger partial charge in [-0.05, 0) is 81.0 Å². The average Bonchev–Trinajstić information content (AvgIpc) is 3.54. The summed E-state index contributed by atoms with van der Waals surface area (Å²) in [6.45, 7) is 4.68. The number of amides is 2. The summed E-state index contributed by atoms with van der Waals surface area (Å²) in [4.78, 5) is 38.7. The Morgan fingerprint density at radius 2 is 1.86 bits per heavy atom. The third-order valence-corrected chi connectivity index (χ3v) is 6.95. The Kier molecular flexibility index (Phi) is 7.67. The first-order valence-corrected chi connectivity index (χ1v) is 13.1. The van der Waals surface area contributed by atoms with E-state index in [1.54, 1.807) is 17.3 Å². The molecule has 1 atom stereocenters. The summed E-state index contributed by atoms with van der Waals surface area (Å²) in [5.74, 6) is 1.36. The summed E-state index contributed by atoms with van der Waals surface area (Å²) in [5, 5.41) is 7.74. The van der Waals surface area contributed by atoms with Crippen molar-refractivity contribution in [2.75, 3.05) is 31.5 Å². The van der Waals surface area contributed by atoms with E-state index in [4.69, 9.17) is 9.41 Å². The number of likely N-dealkylation sites (tertiary alicyclic amines) is 2. The van der Waals surface area contributed by atoms with Crippen LogP contribution in [0.4, 0.5) is 5.69 Å². The Hall–Kier alpha value is -3.88.